The molecule has 5 heteroatoms. The van der Waals surface area contributed by atoms with Crippen LogP contribution >= 0.6 is 0 Å². The lowest BCUT2D eigenvalue weighted by atomic mass is 10.2. The van der Waals surface area contributed by atoms with Crippen molar-refractivity contribution < 1.29 is 9.53 Å². The first kappa shape index (κ1) is 12.8. The van der Waals surface area contributed by atoms with Crippen LogP contribution in [-0.4, -0.2) is 15.5 Å². The second kappa shape index (κ2) is 5.36. The maximum atomic E-state index is 12.3. The number of rotatable bonds is 3. The third kappa shape index (κ3) is 2.63. The van der Waals surface area contributed by atoms with Crippen molar-refractivity contribution in [3.63, 3.8) is 0 Å². The van der Waals surface area contributed by atoms with Gasteiger partial charge in [-0.25, -0.2) is 4.98 Å². The van der Waals surface area contributed by atoms with Gasteiger partial charge in [0, 0.05) is 6.92 Å². The highest BCUT2D eigenvalue weighted by Gasteiger charge is 2.10. The Labute approximate surface area is 109 Å². The SMILES string of the molecule is C#CCn1c(COC(C)=O)nc2ccccc2c1=O. The number of hydrogen-bond acceptors (Lipinski definition) is 4. The van der Waals surface area contributed by atoms with Crippen LogP contribution in [0.15, 0.2) is 29.1 Å². The average Bonchev–Trinajstić information content (AvgIpc) is 2.40. The number of esters is 1. The minimum absolute atomic E-state index is 0.0723. The van der Waals surface area contributed by atoms with Crippen molar-refractivity contribution in [1.29, 1.82) is 0 Å². The Morgan fingerprint density at radius 3 is 2.89 bits per heavy atom. The van der Waals surface area contributed by atoms with Gasteiger partial charge >= 0.3 is 5.97 Å². The van der Waals surface area contributed by atoms with Crippen LogP contribution in [0.1, 0.15) is 12.7 Å². The molecule has 0 radical (unpaired) electrons. The van der Waals surface area contributed by atoms with Crippen molar-refractivity contribution in [2.24, 2.45) is 0 Å². The van der Waals surface area contributed by atoms with E-state index < -0.39 is 5.97 Å². The Morgan fingerprint density at radius 2 is 2.21 bits per heavy atom. The van der Waals surface area contributed by atoms with Crippen LogP contribution in [0.3, 0.4) is 0 Å². The maximum absolute atomic E-state index is 12.3. The van der Waals surface area contributed by atoms with Crippen molar-refractivity contribution in [3.8, 4) is 12.3 Å². The Morgan fingerprint density at radius 1 is 1.47 bits per heavy atom. The zero-order valence-electron chi connectivity index (χ0n) is 10.4. The van der Waals surface area contributed by atoms with Gasteiger partial charge in [-0.05, 0) is 12.1 Å². The van der Waals surface area contributed by atoms with E-state index in [2.05, 4.69) is 10.9 Å². The van der Waals surface area contributed by atoms with Crippen molar-refractivity contribution in [3.05, 3.63) is 40.4 Å². The predicted molar refractivity (Wildman–Crippen MR) is 70.3 cm³/mol. The van der Waals surface area contributed by atoms with Crippen LogP contribution in [0.5, 0.6) is 0 Å². The lowest BCUT2D eigenvalue weighted by Gasteiger charge is -2.10. The topological polar surface area (TPSA) is 61.2 Å². The average molecular weight is 256 g/mol. The lowest BCUT2D eigenvalue weighted by molar-refractivity contribution is -0.142. The molecule has 0 aliphatic rings. The molecule has 0 atom stereocenters. The second-order valence-electron chi connectivity index (χ2n) is 3.92. The van der Waals surface area contributed by atoms with Crippen molar-refractivity contribution in [2.45, 2.75) is 20.1 Å². The zero-order chi connectivity index (χ0) is 13.8. The molecule has 96 valence electrons. The molecule has 0 amide bonds. The van der Waals surface area contributed by atoms with Gasteiger partial charge in [-0.15, -0.1) is 6.42 Å². The quantitative estimate of drug-likeness (QED) is 0.609. The molecule has 0 spiro atoms. The number of benzene rings is 1. The molecule has 0 aliphatic carbocycles. The molecule has 0 saturated heterocycles. The van der Waals surface area contributed by atoms with E-state index >= 15 is 0 Å². The fraction of sp³-hybridized carbons (Fsp3) is 0.214. The summed E-state index contributed by atoms with van der Waals surface area (Å²) in [4.78, 5) is 27.4. The first-order valence-electron chi connectivity index (χ1n) is 5.68. The third-order valence-corrected chi connectivity index (χ3v) is 2.59. The Balaban J connectivity index is 2.60. The lowest BCUT2D eigenvalue weighted by Crippen LogP contribution is -2.25. The van der Waals surface area contributed by atoms with Crippen LogP contribution < -0.4 is 5.56 Å². The smallest absolute Gasteiger partial charge is 0.303 e. The van der Waals surface area contributed by atoms with Gasteiger partial charge in [-0.2, -0.15) is 0 Å². The molecular formula is C14H12N2O3. The zero-order valence-corrected chi connectivity index (χ0v) is 10.4. The molecule has 19 heavy (non-hydrogen) atoms. The molecule has 0 saturated carbocycles. The number of fused-ring (bicyclic) bond motifs is 1. The molecule has 0 aliphatic heterocycles. The van der Waals surface area contributed by atoms with Gasteiger partial charge in [0.25, 0.3) is 5.56 Å². The standard InChI is InChI=1S/C14H12N2O3/c1-3-8-16-13(9-19-10(2)17)15-12-7-5-4-6-11(12)14(16)18/h1,4-7H,8-9H2,2H3. The minimum Gasteiger partial charge on any atom is -0.458 e. The van der Waals surface area contributed by atoms with Crippen molar-refractivity contribution >= 4 is 16.9 Å². The summed E-state index contributed by atoms with van der Waals surface area (Å²) < 4.78 is 6.23. The van der Waals surface area contributed by atoms with Crippen LogP contribution in [-0.2, 0) is 22.7 Å². The highest BCUT2D eigenvalue weighted by molar-refractivity contribution is 5.77. The molecule has 5 nitrogen and oxygen atoms in total. The summed E-state index contributed by atoms with van der Waals surface area (Å²) in [6, 6.07) is 6.97. The second-order valence-corrected chi connectivity index (χ2v) is 3.92. The van der Waals surface area contributed by atoms with Gasteiger partial charge in [0.05, 0.1) is 17.4 Å². The number of terminal acetylenes is 1. The summed E-state index contributed by atoms with van der Waals surface area (Å²) in [5, 5.41) is 0.490. The van der Waals surface area contributed by atoms with E-state index in [1.54, 1.807) is 24.3 Å². The van der Waals surface area contributed by atoms with Gasteiger partial charge in [-0.3, -0.25) is 14.2 Å². The maximum Gasteiger partial charge on any atom is 0.303 e. The number of carbonyl (C=O) groups is 1. The summed E-state index contributed by atoms with van der Waals surface area (Å²) in [7, 11) is 0. The predicted octanol–water partition coefficient (Wildman–Crippen LogP) is 1.09. The molecular weight excluding hydrogens is 244 g/mol. The van der Waals surface area contributed by atoms with E-state index in [0.29, 0.717) is 16.7 Å². The minimum atomic E-state index is -0.435. The van der Waals surface area contributed by atoms with E-state index in [9.17, 15) is 9.59 Å². The molecule has 2 rings (SSSR count). The summed E-state index contributed by atoms with van der Waals surface area (Å²) in [5.74, 6) is 2.31. The summed E-state index contributed by atoms with van der Waals surface area (Å²) in [6.07, 6.45) is 5.25. The number of nitrogens with zero attached hydrogens (tertiary/aromatic N) is 2. The number of aromatic nitrogens is 2. The fourth-order valence-corrected chi connectivity index (χ4v) is 1.74. The van der Waals surface area contributed by atoms with Gasteiger partial charge in [-0.1, -0.05) is 18.1 Å². The Bertz CT molecular complexity index is 726. The van der Waals surface area contributed by atoms with E-state index in [1.165, 1.54) is 11.5 Å². The number of hydrogen-bond donors (Lipinski definition) is 0. The molecule has 1 aromatic carbocycles. The van der Waals surface area contributed by atoms with Gasteiger partial charge < -0.3 is 4.74 Å². The van der Waals surface area contributed by atoms with E-state index in [1.807, 2.05) is 0 Å². The van der Waals surface area contributed by atoms with E-state index in [0.717, 1.165) is 0 Å². The highest BCUT2D eigenvalue weighted by atomic mass is 16.5. The number of carbonyl (C=O) groups excluding carboxylic acids is 1. The fourth-order valence-electron chi connectivity index (χ4n) is 1.74. The Kier molecular flexibility index (Phi) is 3.62. The molecule has 2 aromatic rings. The summed E-state index contributed by atoms with van der Waals surface area (Å²) in [5.41, 5.74) is 0.327. The number of ether oxygens (including phenoxy) is 1. The van der Waals surface area contributed by atoms with Crippen LogP contribution in [0, 0.1) is 12.3 Å². The third-order valence-electron chi connectivity index (χ3n) is 2.59. The van der Waals surface area contributed by atoms with Gasteiger partial charge in [0.15, 0.2) is 5.82 Å². The highest BCUT2D eigenvalue weighted by Crippen LogP contribution is 2.08. The van der Waals surface area contributed by atoms with Crippen molar-refractivity contribution in [2.75, 3.05) is 0 Å². The normalized spacial score (nSPS) is 10.1. The molecule has 0 bridgehead atoms. The van der Waals surface area contributed by atoms with Crippen LogP contribution in [0.4, 0.5) is 0 Å². The molecule has 0 fully saturated rings. The largest absolute Gasteiger partial charge is 0.458 e. The molecule has 0 unspecified atom stereocenters. The van der Waals surface area contributed by atoms with Crippen molar-refractivity contribution in [1.82, 2.24) is 9.55 Å². The molecule has 1 aromatic heterocycles. The molecule has 0 N–H and O–H groups in total. The van der Waals surface area contributed by atoms with Crippen LogP contribution in [0.25, 0.3) is 10.9 Å². The van der Waals surface area contributed by atoms with Crippen LogP contribution in [0.2, 0.25) is 0 Å². The monoisotopic (exact) mass is 256 g/mol. The number of para-hydroxylation sites is 1. The van der Waals surface area contributed by atoms with E-state index in [-0.39, 0.29) is 18.7 Å². The van der Waals surface area contributed by atoms with E-state index in [4.69, 9.17) is 11.2 Å². The van der Waals surface area contributed by atoms with Gasteiger partial charge in [0.1, 0.15) is 6.61 Å². The summed E-state index contributed by atoms with van der Waals surface area (Å²) >= 11 is 0. The first-order valence-corrected chi connectivity index (χ1v) is 5.68. The Hall–Kier alpha value is -2.61. The first-order chi connectivity index (χ1) is 9.13. The summed E-state index contributed by atoms with van der Waals surface area (Å²) in [6.45, 7) is 1.31. The molecule has 1 heterocycles. The van der Waals surface area contributed by atoms with Gasteiger partial charge in [0.2, 0.25) is 0 Å².